The molecule has 1 atom stereocenters. The molecule has 0 aliphatic heterocycles. The van der Waals surface area contributed by atoms with Crippen molar-refractivity contribution in [1.29, 1.82) is 0 Å². The van der Waals surface area contributed by atoms with E-state index < -0.39 is 28.5 Å². The molecule has 0 fully saturated rings. The van der Waals surface area contributed by atoms with Crippen LogP contribution in [0.25, 0.3) is 0 Å². The molecule has 230 valence electrons. The molecular weight excluding hydrogens is 598 g/mol. The number of methoxy groups -OCH3 is 1. The Bertz CT molecular complexity index is 1680. The van der Waals surface area contributed by atoms with Gasteiger partial charge in [-0.3, -0.25) is 13.9 Å². The van der Waals surface area contributed by atoms with E-state index in [4.69, 9.17) is 16.3 Å². The summed E-state index contributed by atoms with van der Waals surface area (Å²) in [4.78, 5) is 29.5. The number of hydrogen-bond acceptors (Lipinski definition) is 5. The Morgan fingerprint density at radius 1 is 0.886 bits per heavy atom. The first kappa shape index (κ1) is 32.6. The molecule has 0 aliphatic rings. The van der Waals surface area contributed by atoms with Gasteiger partial charge in [-0.1, -0.05) is 78.3 Å². The van der Waals surface area contributed by atoms with Gasteiger partial charge in [-0.2, -0.15) is 0 Å². The fourth-order valence-corrected chi connectivity index (χ4v) is 6.56. The number of rotatable bonds is 13. The minimum Gasteiger partial charge on any atom is -0.497 e. The van der Waals surface area contributed by atoms with Crippen molar-refractivity contribution in [3.05, 3.63) is 125 Å². The molecule has 0 radical (unpaired) electrons. The van der Waals surface area contributed by atoms with E-state index in [2.05, 4.69) is 5.32 Å². The van der Waals surface area contributed by atoms with Crippen molar-refractivity contribution in [1.82, 2.24) is 10.2 Å². The van der Waals surface area contributed by atoms with Crippen LogP contribution >= 0.6 is 11.6 Å². The molecule has 0 aromatic heterocycles. The quantitative estimate of drug-likeness (QED) is 0.206. The van der Waals surface area contributed by atoms with Crippen molar-refractivity contribution in [2.75, 3.05) is 24.5 Å². The van der Waals surface area contributed by atoms with Gasteiger partial charge in [0.2, 0.25) is 11.8 Å². The molecule has 0 saturated carbocycles. The molecule has 2 amide bonds. The van der Waals surface area contributed by atoms with Crippen LogP contribution in [-0.2, 0) is 32.6 Å². The minimum absolute atomic E-state index is 0.0242. The summed E-state index contributed by atoms with van der Waals surface area (Å²) in [5.74, 6) is -0.307. The van der Waals surface area contributed by atoms with Gasteiger partial charge in [0.1, 0.15) is 18.3 Å². The summed E-state index contributed by atoms with van der Waals surface area (Å²) < 4.78 is 34.7. The van der Waals surface area contributed by atoms with Gasteiger partial charge in [0.25, 0.3) is 10.0 Å². The second-order valence-electron chi connectivity index (χ2n) is 10.2. The van der Waals surface area contributed by atoms with Gasteiger partial charge in [0, 0.05) is 24.5 Å². The highest BCUT2D eigenvalue weighted by Gasteiger charge is 2.35. The van der Waals surface area contributed by atoms with Gasteiger partial charge in [-0.05, 0) is 66.9 Å². The molecule has 0 spiro atoms. The second kappa shape index (κ2) is 14.9. The fraction of sp³-hybridized carbons (Fsp3) is 0.235. The van der Waals surface area contributed by atoms with Crippen LogP contribution in [0, 0.1) is 6.92 Å². The monoisotopic (exact) mass is 633 g/mol. The van der Waals surface area contributed by atoms with Gasteiger partial charge in [0.15, 0.2) is 0 Å². The molecular formula is C34H36ClN3O5S. The van der Waals surface area contributed by atoms with E-state index in [1.807, 2.05) is 43.3 Å². The maximum atomic E-state index is 14.5. The number of carbonyl (C=O) groups is 2. The van der Waals surface area contributed by atoms with Crippen molar-refractivity contribution >= 4 is 39.1 Å². The Labute approximate surface area is 264 Å². The number of aryl methyl sites for hydroxylation is 1. The Kier molecular flexibility index (Phi) is 11.0. The van der Waals surface area contributed by atoms with Crippen LogP contribution < -0.4 is 14.4 Å². The lowest BCUT2D eigenvalue weighted by Gasteiger charge is -2.34. The van der Waals surface area contributed by atoms with Crippen molar-refractivity contribution in [3.63, 3.8) is 0 Å². The number of halogens is 1. The third-order valence-electron chi connectivity index (χ3n) is 7.16. The number of anilines is 1. The lowest BCUT2D eigenvalue weighted by atomic mass is 10.0. The minimum atomic E-state index is -4.21. The first-order chi connectivity index (χ1) is 21.1. The van der Waals surface area contributed by atoms with Crippen LogP contribution in [0.2, 0.25) is 5.02 Å². The Morgan fingerprint density at radius 2 is 1.55 bits per heavy atom. The summed E-state index contributed by atoms with van der Waals surface area (Å²) >= 11 is 6.33. The van der Waals surface area contributed by atoms with Gasteiger partial charge < -0.3 is 15.0 Å². The molecule has 0 aliphatic carbocycles. The van der Waals surface area contributed by atoms with Crippen LogP contribution in [0.1, 0.15) is 23.6 Å². The number of nitrogens with one attached hydrogen (secondary N) is 1. The molecule has 1 unspecified atom stereocenters. The molecule has 10 heteroatoms. The predicted molar refractivity (Wildman–Crippen MR) is 173 cm³/mol. The Morgan fingerprint density at radius 3 is 2.20 bits per heavy atom. The zero-order chi connectivity index (χ0) is 31.7. The standard InChI is InChI=1S/C34H36ClN3O5S/c1-4-36-34(40)32(21-26-12-7-5-8-13-26)37(23-27-14-11-15-29(20-27)43-3)33(39)24-38(31-22-28(35)19-18-25(31)2)44(41,42)30-16-9-6-10-17-30/h5-20,22,32H,4,21,23-24H2,1-3H3,(H,36,40). The van der Waals surface area contributed by atoms with E-state index in [9.17, 15) is 18.0 Å². The SMILES string of the molecule is CCNC(=O)C(Cc1ccccc1)N(Cc1cccc(OC)c1)C(=O)CN(c1cc(Cl)ccc1C)S(=O)(=O)c1ccccc1. The molecule has 4 aromatic rings. The normalized spacial score (nSPS) is 11.8. The van der Waals surface area contributed by atoms with Crippen LogP contribution in [-0.4, -0.2) is 51.4 Å². The maximum Gasteiger partial charge on any atom is 0.264 e. The maximum absolute atomic E-state index is 14.5. The summed E-state index contributed by atoms with van der Waals surface area (Å²) in [5, 5.41) is 3.18. The van der Waals surface area contributed by atoms with Crippen LogP contribution in [0.3, 0.4) is 0 Å². The lowest BCUT2D eigenvalue weighted by Crippen LogP contribution is -2.53. The van der Waals surface area contributed by atoms with Crippen molar-refractivity contribution < 1.29 is 22.7 Å². The van der Waals surface area contributed by atoms with Gasteiger partial charge in [0.05, 0.1) is 17.7 Å². The van der Waals surface area contributed by atoms with Gasteiger partial charge >= 0.3 is 0 Å². The topological polar surface area (TPSA) is 96.0 Å². The summed E-state index contributed by atoms with van der Waals surface area (Å²) in [6, 6.07) is 28.5. The van der Waals surface area contributed by atoms with E-state index >= 15 is 0 Å². The molecule has 0 saturated heterocycles. The number of sulfonamides is 1. The number of hydrogen-bond donors (Lipinski definition) is 1. The highest BCUT2D eigenvalue weighted by Crippen LogP contribution is 2.30. The number of ether oxygens (including phenoxy) is 1. The third-order valence-corrected chi connectivity index (χ3v) is 9.17. The summed E-state index contributed by atoms with van der Waals surface area (Å²) in [6.45, 7) is 3.40. The average Bonchev–Trinajstić information content (AvgIpc) is 3.03. The molecule has 0 heterocycles. The first-order valence-electron chi connectivity index (χ1n) is 14.2. The number of benzene rings is 4. The van der Waals surface area contributed by atoms with Crippen LogP contribution in [0.5, 0.6) is 5.75 Å². The second-order valence-corrected chi connectivity index (χ2v) is 12.5. The molecule has 1 N–H and O–H groups in total. The molecule has 4 aromatic carbocycles. The van der Waals surface area contributed by atoms with Crippen LogP contribution in [0.4, 0.5) is 5.69 Å². The largest absolute Gasteiger partial charge is 0.497 e. The summed E-state index contributed by atoms with van der Waals surface area (Å²) in [7, 11) is -2.66. The van der Waals surface area contributed by atoms with Gasteiger partial charge in [-0.25, -0.2) is 8.42 Å². The number of amides is 2. The van der Waals surface area contributed by atoms with E-state index in [0.29, 0.717) is 22.9 Å². The highest BCUT2D eigenvalue weighted by molar-refractivity contribution is 7.92. The molecule has 0 bridgehead atoms. The first-order valence-corrected chi connectivity index (χ1v) is 16.0. The van der Waals surface area contributed by atoms with E-state index in [1.165, 1.54) is 23.1 Å². The number of carbonyl (C=O) groups excluding carboxylic acids is 2. The van der Waals surface area contributed by atoms with Crippen molar-refractivity contribution in [3.8, 4) is 5.75 Å². The van der Waals surface area contributed by atoms with E-state index in [-0.39, 0.29) is 29.5 Å². The Balaban J connectivity index is 1.83. The Hall–Kier alpha value is -4.34. The summed E-state index contributed by atoms with van der Waals surface area (Å²) in [6.07, 6.45) is 0.226. The smallest absolute Gasteiger partial charge is 0.264 e. The zero-order valence-corrected chi connectivity index (χ0v) is 26.5. The highest BCUT2D eigenvalue weighted by atomic mass is 35.5. The molecule has 44 heavy (non-hydrogen) atoms. The van der Waals surface area contributed by atoms with Crippen LogP contribution in [0.15, 0.2) is 108 Å². The van der Waals surface area contributed by atoms with E-state index in [1.54, 1.807) is 62.6 Å². The average molecular weight is 634 g/mol. The summed E-state index contributed by atoms with van der Waals surface area (Å²) in [5.41, 5.74) is 2.46. The van der Waals surface area contributed by atoms with Crippen molar-refractivity contribution in [2.24, 2.45) is 0 Å². The van der Waals surface area contributed by atoms with Crippen molar-refractivity contribution in [2.45, 2.75) is 37.8 Å². The third kappa shape index (κ3) is 7.98. The number of likely N-dealkylation sites (N-methyl/N-ethyl adjacent to an activating group) is 1. The predicted octanol–water partition coefficient (Wildman–Crippen LogP) is 5.63. The fourth-order valence-electron chi connectivity index (χ4n) is 4.90. The number of nitrogens with zero attached hydrogens (tertiary/aromatic N) is 2. The molecule has 8 nitrogen and oxygen atoms in total. The molecule has 4 rings (SSSR count). The van der Waals surface area contributed by atoms with E-state index in [0.717, 1.165) is 15.4 Å². The van der Waals surface area contributed by atoms with Gasteiger partial charge in [-0.15, -0.1) is 0 Å². The lowest BCUT2D eigenvalue weighted by molar-refractivity contribution is -0.140. The zero-order valence-electron chi connectivity index (χ0n) is 24.9.